The van der Waals surface area contributed by atoms with E-state index in [0.717, 1.165) is 55.9 Å². The first-order valence-corrected chi connectivity index (χ1v) is 10.4. The van der Waals surface area contributed by atoms with Gasteiger partial charge < -0.3 is 4.55 Å². The van der Waals surface area contributed by atoms with Crippen molar-refractivity contribution in [1.82, 2.24) is 0 Å². The first-order chi connectivity index (χ1) is 11.5. The van der Waals surface area contributed by atoms with Gasteiger partial charge in [0.15, 0.2) is 0 Å². The fraction of sp³-hybridized carbons (Fsp3) is 0.500. The third kappa shape index (κ3) is 6.42. The summed E-state index contributed by atoms with van der Waals surface area (Å²) in [6.45, 7) is 4.28. The zero-order valence-electron chi connectivity index (χ0n) is 15.7. The van der Waals surface area contributed by atoms with Gasteiger partial charge in [-0.1, -0.05) is 69.9 Å². The van der Waals surface area contributed by atoms with Crippen LogP contribution < -0.4 is 51.4 Å². The Bertz CT molecular complexity index is 785. The Hall–Kier alpha value is 0.246. The van der Waals surface area contributed by atoms with Crippen LogP contribution in [0.5, 0.6) is 0 Å². The van der Waals surface area contributed by atoms with Crippen molar-refractivity contribution < 1.29 is 64.4 Å². The van der Waals surface area contributed by atoms with E-state index < -0.39 is 10.1 Å². The minimum Gasteiger partial charge on any atom is -0.744 e. The molecule has 0 saturated carbocycles. The van der Waals surface area contributed by atoms with Crippen LogP contribution in [0.25, 0.3) is 10.8 Å². The van der Waals surface area contributed by atoms with Crippen molar-refractivity contribution in [1.29, 1.82) is 0 Å². The van der Waals surface area contributed by atoms with Crippen molar-refractivity contribution in [2.24, 2.45) is 0 Å². The standard InChI is InChI=1S/C20H28O3S.K/c1-3-5-7-11-16-15-17(12-8-6-4-2)20(24(21,22)23)19-14-10-9-13-18(16)19;/h9-10,13-15H,3-8,11-12H2,1-2H3,(H,21,22,23);/q;+1/p-1. The average Bonchev–Trinajstić information content (AvgIpc) is 2.54. The maximum absolute atomic E-state index is 11.9. The third-order valence-corrected chi connectivity index (χ3v) is 5.49. The summed E-state index contributed by atoms with van der Waals surface area (Å²) in [4.78, 5) is -0.00607. The molecule has 0 radical (unpaired) electrons. The molecule has 0 saturated heterocycles. The van der Waals surface area contributed by atoms with Crippen LogP contribution >= 0.6 is 0 Å². The van der Waals surface area contributed by atoms with Crippen LogP contribution in [-0.4, -0.2) is 13.0 Å². The summed E-state index contributed by atoms with van der Waals surface area (Å²) in [5.74, 6) is 0. The quantitative estimate of drug-likeness (QED) is 0.377. The molecule has 0 aliphatic heterocycles. The van der Waals surface area contributed by atoms with Gasteiger partial charge in [-0.05, 0) is 47.6 Å². The molecule has 25 heavy (non-hydrogen) atoms. The van der Waals surface area contributed by atoms with Crippen LogP contribution in [0.4, 0.5) is 0 Å². The van der Waals surface area contributed by atoms with Crippen LogP contribution in [0.15, 0.2) is 35.2 Å². The van der Waals surface area contributed by atoms with Gasteiger partial charge in [-0.2, -0.15) is 0 Å². The summed E-state index contributed by atoms with van der Waals surface area (Å²) in [7, 11) is -4.49. The van der Waals surface area contributed by atoms with E-state index in [4.69, 9.17) is 0 Å². The molecule has 2 aromatic rings. The van der Waals surface area contributed by atoms with Gasteiger partial charge in [0.05, 0.1) is 4.90 Å². The Morgan fingerprint density at radius 1 is 0.840 bits per heavy atom. The second-order valence-corrected chi connectivity index (χ2v) is 7.75. The molecule has 0 bridgehead atoms. The molecule has 2 aromatic carbocycles. The van der Waals surface area contributed by atoms with E-state index in [9.17, 15) is 13.0 Å². The molecule has 0 N–H and O–H groups in total. The number of benzene rings is 2. The zero-order chi connectivity index (χ0) is 17.6. The van der Waals surface area contributed by atoms with Gasteiger partial charge in [-0.25, -0.2) is 8.42 Å². The Labute approximate surface area is 194 Å². The first kappa shape index (κ1) is 23.3. The van der Waals surface area contributed by atoms with E-state index in [1.807, 2.05) is 24.3 Å². The fourth-order valence-corrected chi connectivity index (χ4v) is 4.24. The zero-order valence-corrected chi connectivity index (χ0v) is 19.6. The maximum Gasteiger partial charge on any atom is 1.00 e. The summed E-state index contributed by atoms with van der Waals surface area (Å²) in [5, 5.41) is 1.50. The van der Waals surface area contributed by atoms with Gasteiger partial charge in [0.25, 0.3) is 0 Å². The van der Waals surface area contributed by atoms with Gasteiger partial charge in [-0.15, -0.1) is 0 Å². The van der Waals surface area contributed by atoms with Crippen molar-refractivity contribution in [3.05, 3.63) is 41.5 Å². The van der Waals surface area contributed by atoms with Crippen LogP contribution in [0.3, 0.4) is 0 Å². The van der Waals surface area contributed by atoms with E-state index in [1.54, 1.807) is 6.07 Å². The van der Waals surface area contributed by atoms with Gasteiger partial charge in [0.1, 0.15) is 10.1 Å². The van der Waals surface area contributed by atoms with Crippen LogP contribution in [0.2, 0.25) is 0 Å². The normalized spacial score (nSPS) is 11.5. The summed E-state index contributed by atoms with van der Waals surface area (Å²) < 4.78 is 35.7. The minimum atomic E-state index is -4.49. The van der Waals surface area contributed by atoms with Crippen LogP contribution in [-0.2, 0) is 23.0 Å². The monoisotopic (exact) mass is 386 g/mol. The molecular weight excluding hydrogens is 359 g/mol. The first-order valence-electron chi connectivity index (χ1n) is 8.98. The number of hydrogen-bond donors (Lipinski definition) is 0. The number of unbranched alkanes of at least 4 members (excludes halogenated alkanes) is 4. The predicted molar refractivity (Wildman–Crippen MR) is 98.4 cm³/mol. The summed E-state index contributed by atoms with van der Waals surface area (Å²) in [5.41, 5.74) is 1.86. The Balaban J connectivity index is 0.00000312. The average molecular weight is 387 g/mol. The van der Waals surface area contributed by atoms with E-state index >= 15 is 0 Å². The van der Waals surface area contributed by atoms with Gasteiger partial charge in [0, 0.05) is 0 Å². The van der Waals surface area contributed by atoms with Crippen molar-refractivity contribution in [2.45, 2.75) is 70.1 Å². The smallest absolute Gasteiger partial charge is 0.744 e. The van der Waals surface area contributed by atoms with Crippen molar-refractivity contribution >= 4 is 20.9 Å². The van der Waals surface area contributed by atoms with Gasteiger partial charge >= 0.3 is 51.4 Å². The van der Waals surface area contributed by atoms with Crippen LogP contribution in [0, 0.1) is 0 Å². The number of hydrogen-bond acceptors (Lipinski definition) is 3. The van der Waals surface area contributed by atoms with E-state index in [1.165, 1.54) is 0 Å². The molecule has 0 aromatic heterocycles. The molecule has 3 nitrogen and oxygen atoms in total. The fourth-order valence-electron chi connectivity index (χ4n) is 3.31. The third-order valence-electron chi connectivity index (χ3n) is 4.51. The topological polar surface area (TPSA) is 57.2 Å². The minimum absolute atomic E-state index is 0. The molecule has 2 rings (SSSR count). The predicted octanol–water partition coefficient (Wildman–Crippen LogP) is 2.21. The molecule has 5 heteroatoms. The summed E-state index contributed by atoms with van der Waals surface area (Å²) in [6.07, 6.45) is 7.97. The second-order valence-electron chi connectivity index (χ2n) is 6.44. The molecular formula is C20H27KO3S. The van der Waals surface area contributed by atoms with E-state index in [2.05, 4.69) is 13.8 Å². The maximum atomic E-state index is 11.9. The Morgan fingerprint density at radius 2 is 1.36 bits per heavy atom. The molecule has 0 atom stereocenters. The largest absolute Gasteiger partial charge is 1.00 e. The molecule has 0 amide bonds. The molecule has 0 fully saturated rings. The van der Waals surface area contributed by atoms with E-state index in [0.29, 0.717) is 17.4 Å². The molecule has 0 spiro atoms. The summed E-state index contributed by atoms with van der Waals surface area (Å²) in [6, 6.07) is 9.39. The van der Waals surface area contributed by atoms with Crippen LogP contribution in [0.1, 0.15) is 63.5 Å². The van der Waals surface area contributed by atoms with Crippen molar-refractivity contribution in [3.8, 4) is 0 Å². The van der Waals surface area contributed by atoms with Crippen molar-refractivity contribution in [3.63, 3.8) is 0 Å². The summed E-state index contributed by atoms with van der Waals surface area (Å²) >= 11 is 0. The molecule has 0 heterocycles. The van der Waals surface area contributed by atoms with Gasteiger partial charge in [0.2, 0.25) is 0 Å². The second kappa shape index (κ2) is 11.2. The SMILES string of the molecule is CCCCCc1cc(CCCCC)c2ccccc2c1S(=O)(=O)[O-].[K+]. The number of aryl methyl sites for hydroxylation is 2. The molecule has 0 unspecified atom stereocenters. The molecule has 0 aliphatic carbocycles. The number of fused-ring (bicyclic) bond motifs is 1. The van der Waals surface area contributed by atoms with Crippen molar-refractivity contribution in [2.75, 3.05) is 0 Å². The Kier molecular flexibility index (Phi) is 10.4. The molecule has 0 aliphatic rings. The van der Waals surface area contributed by atoms with Gasteiger partial charge in [-0.3, -0.25) is 0 Å². The molecule has 132 valence electrons. The number of rotatable bonds is 9. The van der Waals surface area contributed by atoms with E-state index in [-0.39, 0.29) is 56.3 Å². The Morgan fingerprint density at radius 3 is 1.88 bits per heavy atom.